The number of ether oxygens (including phenoxy) is 1. The van der Waals surface area contributed by atoms with E-state index in [4.69, 9.17) is 4.74 Å². The molecule has 0 aliphatic heterocycles. The summed E-state index contributed by atoms with van der Waals surface area (Å²) in [4.78, 5) is 0. The van der Waals surface area contributed by atoms with Crippen molar-refractivity contribution in [3.63, 3.8) is 0 Å². The zero-order valence-electron chi connectivity index (χ0n) is 6.81. The Morgan fingerprint density at radius 2 is 2.10 bits per heavy atom. The van der Waals surface area contributed by atoms with E-state index in [0.29, 0.717) is 6.10 Å². The molecule has 0 bridgehead atoms. The number of methoxy groups -OCH3 is 1. The Balaban J connectivity index is 2.34. The predicted molar refractivity (Wildman–Crippen MR) is 42.7 cm³/mol. The van der Waals surface area contributed by atoms with Gasteiger partial charge in [0.1, 0.15) is 0 Å². The molecule has 1 rings (SSSR count). The first-order valence-corrected chi connectivity index (χ1v) is 4.20. The van der Waals surface area contributed by atoms with Gasteiger partial charge in [-0.1, -0.05) is 19.8 Å². The van der Waals surface area contributed by atoms with E-state index in [0.717, 1.165) is 12.3 Å². The average Bonchev–Trinajstić information content (AvgIpc) is 2.04. The SMILES string of the molecule is [CH2]CC1CCCCC1OC. The molecule has 10 heavy (non-hydrogen) atoms. The van der Waals surface area contributed by atoms with Gasteiger partial charge < -0.3 is 4.74 Å². The zero-order valence-corrected chi connectivity index (χ0v) is 6.81. The van der Waals surface area contributed by atoms with Gasteiger partial charge in [-0.2, -0.15) is 0 Å². The first-order chi connectivity index (χ1) is 4.88. The minimum atomic E-state index is 0.506. The molecule has 2 unspecified atom stereocenters. The van der Waals surface area contributed by atoms with Crippen LogP contribution in [0.15, 0.2) is 0 Å². The summed E-state index contributed by atoms with van der Waals surface area (Å²) >= 11 is 0. The maximum atomic E-state index is 5.35. The topological polar surface area (TPSA) is 9.23 Å². The van der Waals surface area contributed by atoms with Gasteiger partial charge in [0, 0.05) is 7.11 Å². The van der Waals surface area contributed by atoms with E-state index in [1.165, 1.54) is 25.7 Å². The van der Waals surface area contributed by atoms with Crippen molar-refractivity contribution in [1.82, 2.24) is 0 Å². The molecule has 0 aromatic carbocycles. The van der Waals surface area contributed by atoms with E-state index < -0.39 is 0 Å². The minimum absolute atomic E-state index is 0.506. The van der Waals surface area contributed by atoms with Gasteiger partial charge in [-0.3, -0.25) is 0 Å². The van der Waals surface area contributed by atoms with E-state index in [2.05, 4.69) is 6.92 Å². The number of hydrogen-bond donors (Lipinski definition) is 0. The summed E-state index contributed by atoms with van der Waals surface area (Å²) in [5.74, 6) is 0.735. The van der Waals surface area contributed by atoms with Gasteiger partial charge in [0.15, 0.2) is 0 Å². The molecule has 1 radical (unpaired) electrons. The minimum Gasteiger partial charge on any atom is -0.381 e. The Hall–Kier alpha value is -0.0400. The molecule has 1 fully saturated rings. The molecular weight excluding hydrogens is 124 g/mol. The second-order valence-electron chi connectivity index (χ2n) is 3.11. The molecule has 0 aromatic heterocycles. The standard InChI is InChI=1S/C9H17O/c1-3-8-6-4-5-7-9(8)10-2/h8-9H,1,3-7H2,2H3. The molecule has 0 heterocycles. The quantitative estimate of drug-likeness (QED) is 0.574. The van der Waals surface area contributed by atoms with Crippen molar-refractivity contribution in [3.05, 3.63) is 6.92 Å². The molecule has 1 aliphatic carbocycles. The third kappa shape index (κ3) is 1.72. The molecular formula is C9H17O. The molecule has 2 atom stereocenters. The maximum absolute atomic E-state index is 5.35. The van der Waals surface area contributed by atoms with E-state index >= 15 is 0 Å². The number of hydrogen-bond acceptors (Lipinski definition) is 1. The van der Waals surface area contributed by atoms with Crippen LogP contribution in [0.1, 0.15) is 32.1 Å². The highest BCUT2D eigenvalue weighted by Crippen LogP contribution is 2.28. The Morgan fingerprint density at radius 1 is 1.40 bits per heavy atom. The van der Waals surface area contributed by atoms with Crippen molar-refractivity contribution in [3.8, 4) is 0 Å². The largest absolute Gasteiger partial charge is 0.381 e. The van der Waals surface area contributed by atoms with E-state index in [1.807, 2.05) is 7.11 Å². The second-order valence-corrected chi connectivity index (χ2v) is 3.11. The average molecular weight is 141 g/mol. The van der Waals surface area contributed by atoms with Crippen molar-refractivity contribution in [1.29, 1.82) is 0 Å². The van der Waals surface area contributed by atoms with Crippen LogP contribution < -0.4 is 0 Å². The van der Waals surface area contributed by atoms with Gasteiger partial charge in [0.2, 0.25) is 0 Å². The monoisotopic (exact) mass is 141 g/mol. The molecule has 59 valence electrons. The zero-order chi connectivity index (χ0) is 7.40. The van der Waals surface area contributed by atoms with Crippen LogP contribution in [0.25, 0.3) is 0 Å². The first-order valence-electron chi connectivity index (χ1n) is 4.20. The summed E-state index contributed by atoms with van der Waals surface area (Å²) in [7, 11) is 1.82. The van der Waals surface area contributed by atoms with Crippen LogP contribution >= 0.6 is 0 Å². The molecule has 1 nitrogen and oxygen atoms in total. The van der Waals surface area contributed by atoms with E-state index in [9.17, 15) is 0 Å². The van der Waals surface area contributed by atoms with Crippen LogP contribution in [0, 0.1) is 12.8 Å². The lowest BCUT2D eigenvalue weighted by Gasteiger charge is -2.29. The van der Waals surface area contributed by atoms with Crippen LogP contribution in [0.3, 0.4) is 0 Å². The lowest BCUT2D eigenvalue weighted by molar-refractivity contribution is 0.0247. The van der Waals surface area contributed by atoms with Gasteiger partial charge >= 0.3 is 0 Å². The van der Waals surface area contributed by atoms with Gasteiger partial charge in [0.25, 0.3) is 0 Å². The van der Waals surface area contributed by atoms with Crippen molar-refractivity contribution in [2.75, 3.05) is 7.11 Å². The summed E-state index contributed by atoms with van der Waals surface area (Å²) in [5.41, 5.74) is 0. The molecule has 0 spiro atoms. The van der Waals surface area contributed by atoms with Gasteiger partial charge in [-0.25, -0.2) is 0 Å². The Kier molecular flexibility index (Phi) is 3.20. The summed E-state index contributed by atoms with van der Waals surface area (Å²) in [6.45, 7) is 3.93. The summed E-state index contributed by atoms with van der Waals surface area (Å²) < 4.78 is 5.35. The Bertz CT molecular complexity index is 78.7. The molecule has 0 aromatic rings. The lowest BCUT2D eigenvalue weighted by atomic mass is 9.85. The lowest BCUT2D eigenvalue weighted by Crippen LogP contribution is -2.25. The van der Waals surface area contributed by atoms with Crippen molar-refractivity contribution < 1.29 is 4.74 Å². The fourth-order valence-electron chi connectivity index (χ4n) is 1.81. The molecule has 1 aliphatic rings. The Morgan fingerprint density at radius 3 is 2.60 bits per heavy atom. The van der Waals surface area contributed by atoms with Crippen molar-refractivity contribution in [2.45, 2.75) is 38.2 Å². The van der Waals surface area contributed by atoms with E-state index in [1.54, 1.807) is 0 Å². The van der Waals surface area contributed by atoms with Crippen LogP contribution in [-0.2, 0) is 4.74 Å². The van der Waals surface area contributed by atoms with Crippen LogP contribution in [0.5, 0.6) is 0 Å². The van der Waals surface area contributed by atoms with Crippen molar-refractivity contribution in [2.24, 2.45) is 5.92 Å². The first kappa shape index (κ1) is 8.06. The van der Waals surface area contributed by atoms with Crippen LogP contribution in [-0.4, -0.2) is 13.2 Å². The maximum Gasteiger partial charge on any atom is 0.0599 e. The summed E-state index contributed by atoms with van der Waals surface area (Å²) in [6, 6.07) is 0. The van der Waals surface area contributed by atoms with Crippen LogP contribution in [0.4, 0.5) is 0 Å². The number of rotatable bonds is 2. The normalized spacial score (nSPS) is 34.2. The molecule has 1 heteroatoms. The molecule has 0 amide bonds. The fourth-order valence-corrected chi connectivity index (χ4v) is 1.81. The van der Waals surface area contributed by atoms with Gasteiger partial charge in [-0.05, 0) is 25.2 Å². The third-order valence-electron chi connectivity index (χ3n) is 2.51. The van der Waals surface area contributed by atoms with E-state index in [-0.39, 0.29) is 0 Å². The molecule has 0 saturated heterocycles. The predicted octanol–water partition coefficient (Wildman–Crippen LogP) is 2.42. The highest BCUT2D eigenvalue weighted by molar-refractivity contribution is 4.75. The smallest absolute Gasteiger partial charge is 0.0599 e. The second kappa shape index (κ2) is 3.97. The highest BCUT2D eigenvalue weighted by atomic mass is 16.5. The van der Waals surface area contributed by atoms with Gasteiger partial charge in [0.05, 0.1) is 6.10 Å². The van der Waals surface area contributed by atoms with Crippen molar-refractivity contribution >= 4 is 0 Å². The summed E-state index contributed by atoms with van der Waals surface area (Å²) in [6.07, 6.45) is 6.83. The van der Waals surface area contributed by atoms with Crippen LogP contribution in [0.2, 0.25) is 0 Å². The Labute approximate surface area is 63.8 Å². The van der Waals surface area contributed by atoms with Gasteiger partial charge in [-0.15, -0.1) is 0 Å². The fraction of sp³-hybridized carbons (Fsp3) is 0.889. The summed E-state index contributed by atoms with van der Waals surface area (Å²) in [5, 5.41) is 0. The molecule has 1 saturated carbocycles. The third-order valence-corrected chi connectivity index (χ3v) is 2.51. The molecule has 0 N–H and O–H groups in total. The highest BCUT2D eigenvalue weighted by Gasteiger charge is 2.22.